The number of ketones is 1. The molecule has 0 radical (unpaired) electrons. The van der Waals surface area contributed by atoms with Crippen LogP contribution in [0.2, 0.25) is 0 Å². The first-order chi connectivity index (χ1) is 16.7. The second-order valence-corrected chi connectivity index (χ2v) is 8.11. The second-order valence-electron chi connectivity index (χ2n) is 8.11. The number of methoxy groups -OCH3 is 2. The van der Waals surface area contributed by atoms with Crippen LogP contribution in [0.15, 0.2) is 72.8 Å². The Morgan fingerprint density at radius 2 is 1.24 bits per heavy atom. The van der Waals surface area contributed by atoms with E-state index in [9.17, 15) is 4.79 Å². The summed E-state index contributed by atoms with van der Waals surface area (Å²) in [5.41, 5.74) is 3.58. The number of rotatable bonds is 6. The summed E-state index contributed by atoms with van der Waals surface area (Å²) in [6.45, 7) is 3.11. The Labute approximate surface area is 198 Å². The maximum Gasteiger partial charge on any atom is 0.215 e. The summed E-state index contributed by atoms with van der Waals surface area (Å²) < 4.78 is 10.5. The number of para-hydroxylation sites is 2. The Hall–Kier alpha value is -4.13. The van der Waals surface area contributed by atoms with Crippen LogP contribution in [0.25, 0.3) is 11.0 Å². The van der Waals surface area contributed by atoms with Crippen molar-refractivity contribution in [1.82, 2.24) is 9.97 Å². The predicted molar refractivity (Wildman–Crippen MR) is 133 cm³/mol. The van der Waals surface area contributed by atoms with Gasteiger partial charge in [-0.05, 0) is 60.7 Å². The molecule has 0 spiro atoms. The van der Waals surface area contributed by atoms with Crippen molar-refractivity contribution in [3.63, 3.8) is 0 Å². The molecule has 0 atom stereocenters. The number of carbonyl (C=O) groups excluding carboxylic acids is 1. The minimum Gasteiger partial charge on any atom is -0.497 e. The van der Waals surface area contributed by atoms with Crippen molar-refractivity contribution < 1.29 is 14.3 Å². The zero-order valence-corrected chi connectivity index (χ0v) is 19.3. The first kappa shape index (κ1) is 21.7. The van der Waals surface area contributed by atoms with Crippen molar-refractivity contribution in [1.29, 1.82) is 0 Å². The standard InChI is InChI=1S/C27H26N4O3/c1-33-21-11-7-19(8-12-21)26(32)25-27(29-24-6-4-3-5-23(24)28-25)31-17-15-30(16-18-31)20-9-13-22(34-2)14-10-20/h3-14H,15-18H2,1-2H3. The molecule has 1 aliphatic rings. The highest BCUT2D eigenvalue weighted by Crippen LogP contribution is 2.27. The van der Waals surface area contributed by atoms with Crippen molar-refractivity contribution in [2.75, 3.05) is 50.2 Å². The molecule has 0 N–H and O–H groups in total. The quantitative estimate of drug-likeness (QED) is 0.405. The maximum atomic E-state index is 13.5. The summed E-state index contributed by atoms with van der Waals surface area (Å²) in [5, 5.41) is 0. The van der Waals surface area contributed by atoms with Crippen LogP contribution in [0.4, 0.5) is 11.5 Å². The van der Waals surface area contributed by atoms with Crippen molar-refractivity contribution in [2.45, 2.75) is 0 Å². The third-order valence-electron chi connectivity index (χ3n) is 6.14. The maximum absolute atomic E-state index is 13.5. The summed E-state index contributed by atoms with van der Waals surface area (Å²) in [4.78, 5) is 27.6. The monoisotopic (exact) mass is 454 g/mol. The van der Waals surface area contributed by atoms with Crippen LogP contribution in [0.1, 0.15) is 16.1 Å². The highest BCUT2D eigenvalue weighted by atomic mass is 16.5. The van der Waals surface area contributed by atoms with Gasteiger partial charge in [-0.1, -0.05) is 12.1 Å². The molecule has 0 amide bonds. The van der Waals surface area contributed by atoms with Gasteiger partial charge in [0.1, 0.15) is 11.5 Å². The second kappa shape index (κ2) is 9.39. The van der Waals surface area contributed by atoms with Crippen molar-refractivity contribution in [3.05, 3.63) is 84.1 Å². The Kier molecular flexibility index (Phi) is 5.99. The summed E-state index contributed by atoms with van der Waals surface area (Å²) >= 11 is 0. The molecule has 0 aliphatic carbocycles. The molecular weight excluding hydrogens is 428 g/mol. The zero-order valence-electron chi connectivity index (χ0n) is 19.3. The van der Waals surface area contributed by atoms with Crippen molar-refractivity contribution in [2.24, 2.45) is 0 Å². The normalized spacial score (nSPS) is 13.7. The molecule has 7 nitrogen and oxygen atoms in total. The molecular formula is C27H26N4O3. The molecule has 1 aromatic heterocycles. The average molecular weight is 455 g/mol. The van der Waals surface area contributed by atoms with Gasteiger partial charge in [0.2, 0.25) is 5.78 Å². The molecule has 3 aromatic carbocycles. The van der Waals surface area contributed by atoms with E-state index >= 15 is 0 Å². The number of ether oxygens (including phenoxy) is 2. The van der Waals surface area contributed by atoms with Crippen LogP contribution >= 0.6 is 0 Å². The lowest BCUT2D eigenvalue weighted by Gasteiger charge is -2.37. The molecule has 7 heteroatoms. The third-order valence-corrected chi connectivity index (χ3v) is 6.14. The Bertz CT molecular complexity index is 1300. The zero-order chi connectivity index (χ0) is 23.5. The lowest BCUT2D eigenvalue weighted by molar-refractivity contribution is 0.103. The number of anilines is 2. The molecule has 2 heterocycles. The number of carbonyl (C=O) groups is 1. The summed E-state index contributed by atoms with van der Waals surface area (Å²) in [5.74, 6) is 2.04. The van der Waals surface area contributed by atoms with E-state index in [1.807, 2.05) is 36.4 Å². The number of aromatic nitrogens is 2. The van der Waals surface area contributed by atoms with Gasteiger partial charge in [-0.3, -0.25) is 4.79 Å². The molecule has 1 fully saturated rings. The van der Waals surface area contributed by atoms with Gasteiger partial charge in [0.25, 0.3) is 0 Å². The highest BCUT2D eigenvalue weighted by molar-refractivity contribution is 6.11. The third kappa shape index (κ3) is 4.24. The van der Waals surface area contributed by atoms with Gasteiger partial charge >= 0.3 is 0 Å². The fourth-order valence-corrected chi connectivity index (χ4v) is 4.21. The molecule has 34 heavy (non-hydrogen) atoms. The summed E-state index contributed by atoms with van der Waals surface area (Å²) in [7, 11) is 3.28. The predicted octanol–water partition coefficient (Wildman–Crippen LogP) is 4.20. The van der Waals surface area contributed by atoms with Crippen LogP contribution in [0, 0.1) is 0 Å². The van der Waals surface area contributed by atoms with Crippen LogP contribution < -0.4 is 19.3 Å². The van der Waals surface area contributed by atoms with Crippen molar-refractivity contribution >= 4 is 28.3 Å². The van der Waals surface area contributed by atoms with Gasteiger partial charge < -0.3 is 19.3 Å². The Morgan fingerprint density at radius 1 is 0.706 bits per heavy atom. The molecule has 0 bridgehead atoms. The van der Waals surface area contributed by atoms with Gasteiger partial charge in [-0.2, -0.15) is 0 Å². The van der Waals surface area contributed by atoms with E-state index in [1.165, 1.54) is 0 Å². The Morgan fingerprint density at radius 3 is 1.82 bits per heavy atom. The fourth-order valence-electron chi connectivity index (χ4n) is 4.21. The number of nitrogens with zero attached hydrogens (tertiary/aromatic N) is 4. The van der Waals surface area contributed by atoms with E-state index in [0.717, 1.165) is 43.1 Å². The minimum absolute atomic E-state index is 0.145. The number of piperazine rings is 1. The first-order valence-electron chi connectivity index (χ1n) is 11.3. The van der Waals surface area contributed by atoms with Crippen LogP contribution in [-0.4, -0.2) is 56.1 Å². The van der Waals surface area contributed by atoms with E-state index in [1.54, 1.807) is 38.5 Å². The number of fused-ring (bicyclic) bond motifs is 1. The van der Waals surface area contributed by atoms with Gasteiger partial charge in [0.15, 0.2) is 11.5 Å². The number of hydrogen-bond acceptors (Lipinski definition) is 7. The molecule has 4 aromatic rings. The topological polar surface area (TPSA) is 67.8 Å². The van der Waals surface area contributed by atoms with E-state index in [2.05, 4.69) is 21.9 Å². The first-order valence-corrected chi connectivity index (χ1v) is 11.3. The van der Waals surface area contributed by atoms with Gasteiger partial charge in [-0.15, -0.1) is 0 Å². The SMILES string of the molecule is COc1ccc(C(=O)c2nc3ccccc3nc2N2CCN(c3ccc(OC)cc3)CC2)cc1. The largest absolute Gasteiger partial charge is 0.497 e. The van der Waals surface area contributed by atoms with Gasteiger partial charge in [0.05, 0.1) is 25.3 Å². The summed E-state index contributed by atoms with van der Waals surface area (Å²) in [6.07, 6.45) is 0. The van der Waals surface area contributed by atoms with Gasteiger partial charge in [-0.25, -0.2) is 9.97 Å². The Balaban J connectivity index is 1.44. The fraction of sp³-hybridized carbons (Fsp3) is 0.222. The van der Waals surface area contributed by atoms with E-state index in [4.69, 9.17) is 19.4 Å². The van der Waals surface area contributed by atoms with Crippen LogP contribution in [0.3, 0.4) is 0 Å². The molecule has 5 rings (SSSR count). The molecule has 1 saturated heterocycles. The molecule has 172 valence electrons. The average Bonchev–Trinajstić information content (AvgIpc) is 2.92. The van der Waals surface area contributed by atoms with Crippen LogP contribution in [0.5, 0.6) is 11.5 Å². The molecule has 0 saturated carbocycles. The molecule has 1 aliphatic heterocycles. The number of benzene rings is 3. The van der Waals surface area contributed by atoms with Crippen LogP contribution in [-0.2, 0) is 0 Å². The number of hydrogen-bond donors (Lipinski definition) is 0. The van der Waals surface area contributed by atoms with Crippen molar-refractivity contribution in [3.8, 4) is 11.5 Å². The lowest BCUT2D eigenvalue weighted by atomic mass is 10.1. The smallest absolute Gasteiger partial charge is 0.215 e. The van der Waals surface area contributed by atoms with E-state index < -0.39 is 0 Å². The van der Waals surface area contributed by atoms with Gasteiger partial charge in [0, 0.05) is 37.4 Å². The van der Waals surface area contributed by atoms with E-state index in [-0.39, 0.29) is 5.78 Å². The summed E-state index contributed by atoms with van der Waals surface area (Å²) in [6, 6.07) is 22.9. The minimum atomic E-state index is -0.145. The van der Waals surface area contributed by atoms with E-state index in [0.29, 0.717) is 28.3 Å². The highest BCUT2D eigenvalue weighted by Gasteiger charge is 2.26. The molecule has 0 unspecified atom stereocenters. The lowest BCUT2D eigenvalue weighted by Crippen LogP contribution is -2.47.